The fourth-order valence-corrected chi connectivity index (χ4v) is 3.75. The summed E-state index contributed by atoms with van der Waals surface area (Å²) in [6.07, 6.45) is 1.82. The lowest BCUT2D eigenvalue weighted by atomic mass is 9.91. The second-order valence-electron chi connectivity index (χ2n) is 6.06. The zero-order valence-electron chi connectivity index (χ0n) is 13.0. The zero-order chi connectivity index (χ0) is 16.1. The van der Waals surface area contributed by atoms with E-state index in [1.54, 1.807) is 12.1 Å². The van der Waals surface area contributed by atoms with Crippen LogP contribution in [-0.4, -0.2) is 13.1 Å². The van der Waals surface area contributed by atoms with Gasteiger partial charge in [0.2, 0.25) is 0 Å². The van der Waals surface area contributed by atoms with Gasteiger partial charge in [0.25, 0.3) is 0 Å². The van der Waals surface area contributed by atoms with Crippen molar-refractivity contribution in [2.75, 3.05) is 7.11 Å². The van der Waals surface area contributed by atoms with Crippen LogP contribution in [0.2, 0.25) is 0 Å². The number of carbonyl (C=O) groups is 1. The molecule has 23 heavy (non-hydrogen) atoms. The van der Waals surface area contributed by atoms with Gasteiger partial charge in [0, 0.05) is 10.8 Å². The van der Waals surface area contributed by atoms with E-state index in [-0.39, 0.29) is 5.92 Å². The van der Waals surface area contributed by atoms with Crippen molar-refractivity contribution in [3.05, 3.63) is 57.4 Å². The number of hydrogen-bond donors (Lipinski definition) is 0. The lowest BCUT2D eigenvalue weighted by Gasteiger charge is -2.14. The summed E-state index contributed by atoms with van der Waals surface area (Å²) >= 11 is 0. The van der Waals surface area contributed by atoms with Gasteiger partial charge in [-0.15, -0.1) is 0 Å². The molecule has 1 aromatic heterocycles. The SMILES string of the molecule is COC(=O)c1cc2c(=O)oc3ccccc3c2c2c1C(C)CC2. The van der Waals surface area contributed by atoms with Crippen LogP contribution in [0.15, 0.2) is 39.5 Å². The largest absolute Gasteiger partial charge is 0.465 e. The summed E-state index contributed by atoms with van der Waals surface area (Å²) < 4.78 is 10.3. The van der Waals surface area contributed by atoms with Gasteiger partial charge in [-0.2, -0.15) is 0 Å². The third-order valence-corrected chi connectivity index (χ3v) is 4.78. The van der Waals surface area contributed by atoms with Crippen LogP contribution in [0, 0.1) is 0 Å². The first-order valence-electron chi connectivity index (χ1n) is 7.71. The van der Waals surface area contributed by atoms with Gasteiger partial charge in [-0.1, -0.05) is 25.1 Å². The minimum Gasteiger partial charge on any atom is -0.465 e. The summed E-state index contributed by atoms with van der Waals surface area (Å²) in [5, 5.41) is 2.30. The Balaban J connectivity index is 2.25. The van der Waals surface area contributed by atoms with Crippen LogP contribution in [0.4, 0.5) is 0 Å². The molecule has 0 saturated heterocycles. The average molecular weight is 308 g/mol. The Bertz CT molecular complexity index is 1010. The van der Waals surface area contributed by atoms with Gasteiger partial charge in [-0.05, 0) is 42.0 Å². The van der Waals surface area contributed by atoms with Crippen LogP contribution in [-0.2, 0) is 11.2 Å². The molecule has 1 aliphatic carbocycles. The number of fused-ring (bicyclic) bond motifs is 5. The van der Waals surface area contributed by atoms with Gasteiger partial charge in [0.15, 0.2) is 0 Å². The third kappa shape index (κ3) is 1.91. The van der Waals surface area contributed by atoms with E-state index in [1.807, 2.05) is 18.2 Å². The number of para-hydroxylation sites is 1. The molecular weight excluding hydrogens is 292 g/mol. The monoisotopic (exact) mass is 308 g/mol. The third-order valence-electron chi connectivity index (χ3n) is 4.78. The first kappa shape index (κ1) is 14.0. The summed E-state index contributed by atoms with van der Waals surface area (Å²) in [4.78, 5) is 24.6. The highest BCUT2D eigenvalue weighted by atomic mass is 16.5. The van der Waals surface area contributed by atoms with E-state index in [1.165, 1.54) is 7.11 Å². The molecule has 0 spiro atoms. The Morgan fingerprint density at radius 1 is 1.26 bits per heavy atom. The van der Waals surface area contributed by atoms with Crippen LogP contribution in [0.1, 0.15) is 40.7 Å². The lowest BCUT2D eigenvalue weighted by molar-refractivity contribution is 0.0599. The van der Waals surface area contributed by atoms with E-state index < -0.39 is 11.6 Å². The summed E-state index contributed by atoms with van der Waals surface area (Å²) in [6.45, 7) is 2.11. The van der Waals surface area contributed by atoms with Crippen LogP contribution in [0.3, 0.4) is 0 Å². The van der Waals surface area contributed by atoms with Crippen LogP contribution >= 0.6 is 0 Å². The van der Waals surface area contributed by atoms with Crippen molar-refractivity contribution in [3.63, 3.8) is 0 Å². The molecule has 3 aromatic rings. The van der Waals surface area contributed by atoms with E-state index in [9.17, 15) is 9.59 Å². The first-order chi connectivity index (χ1) is 11.1. The molecule has 0 aliphatic heterocycles. The molecule has 4 nitrogen and oxygen atoms in total. The molecule has 4 rings (SSSR count). The maximum absolute atomic E-state index is 12.4. The smallest absolute Gasteiger partial charge is 0.344 e. The molecule has 0 fully saturated rings. The van der Waals surface area contributed by atoms with Gasteiger partial charge in [-0.25, -0.2) is 9.59 Å². The van der Waals surface area contributed by atoms with Gasteiger partial charge in [0.05, 0.1) is 18.1 Å². The highest BCUT2D eigenvalue weighted by molar-refractivity contribution is 6.09. The fraction of sp³-hybridized carbons (Fsp3) is 0.263. The molecule has 116 valence electrons. The standard InChI is InChI=1S/C19H16O4/c1-10-7-8-12-16(10)13(18(20)22-2)9-14-17(12)11-5-3-4-6-15(11)23-19(14)21/h3-6,9-10H,7-8H2,1-2H3. The number of ether oxygens (including phenoxy) is 1. The summed E-state index contributed by atoms with van der Waals surface area (Å²) in [7, 11) is 1.36. The minimum atomic E-state index is -0.411. The normalized spacial score (nSPS) is 16.7. The van der Waals surface area contributed by atoms with E-state index in [4.69, 9.17) is 9.15 Å². The number of hydrogen-bond acceptors (Lipinski definition) is 4. The molecule has 1 unspecified atom stereocenters. The molecule has 1 aliphatic rings. The lowest BCUT2D eigenvalue weighted by Crippen LogP contribution is -2.10. The second-order valence-corrected chi connectivity index (χ2v) is 6.06. The number of esters is 1. The Morgan fingerprint density at radius 3 is 2.83 bits per heavy atom. The predicted molar refractivity (Wildman–Crippen MR) is 88.1 cm³/mol. The number of carbonyl (C=O) groups excluding carboxylic acids is 1. The van der Waals surface area contributed by atoms with Crippen molar-refractivity contribution in [1.29, 1.82) is 0 Å². The molecule has 4 heteroatoms. The molecule has 1 heterocycles. The van der Waals surface area contributed by atoms with Crippen molar-refractivity contribution in [1.82, 2.24) is 0 Å². The second kappa shape index (κ2) is 4.95. The molecule has 0 radical (unpaired) electrons. The molecule has 1 atom stereocenters. The number of methoxy groups -OCH3 is 1. The summed E-state index contributed by atoms with van der Waals surface area (Å²) in [5.41, 5.74) is 2.76. The Labute approximate surface area is 132 Å². The van der Waals surface area contributed by atoms with Gasteiger partial charge < -0.3 is 9.15 Å². The maximum atomic E-state index is 12.4. The van der Waals surface area contributed by atoms with Gasteiger partial charge in [0.1, 0.15) is 5.58 Å². The van der Waals surface area contributed by atoms with Crippen molar-refractivity contribution < 1.29 is 13.9 Å². The van der Waals surface area contributed by atoms with E-state index in [0.717, 1.165) is 34.7 Å². The topological polar surface area (TPSA) is 56.5 Å². The minimum absolute atomic E-state index is 0.273. The summed E-state index contributed by atoms with van der Waals surface area (Å²) in [5.74, 6) is -0.126. The van der Waals surface area contributed by atoms with Crippen molar-refractivity contribution in [3.8, 4) is 0 Å². The Kier molecular flexibility index (Phi) is 3.01. The summed E-state index contributed by atoms with van der Waals surface area (Å²) in [6, 6.07) is 9.18. The molecule has 0 saturated carbocycles. The highest BCUT2D eigenvalue weighted by Crippen LogP contribution is 2.41. The molecule has 0 bridgehead atoms. The number of benzene rings is 2. The van der Waals surface area contributed by atoms with Crippen molar-refractivity contribution >= 4 is 27.7 Å². The molecule has 2 aromatic carbocycles. The Hall–Kier alpha value is -2.62. The van der Waals surface area contributed by atoms with Crippen LogP contribution < -0.4 is 5.63 Å². The van der Waals surface area contributed by atoms with E-state index >= 15 is 0 Å². The molecule has 0 amide bonds. The molecular formula is C19H16O4. The Morgan fingerprint density at radius 2 is 2.04 bits per heavy atom. The average Bonchev–Trinajstić information content (AvgIpc) is 2.95. The maximum Gasteiger partial charge on any atom is 0.344 e. The number of rotatable bonds is 1. The predicted octanol–water partition coefficient (Wildman–Crippen LogP) is 3.78. The van der Waals surface area contributed by atoms with Crippen LogP contribution in [0.5, 0.6) is 0 Å². The van der Waals surface area contributed by atoms with Gasteiger partial charge >= 0.3 is 11.6 Å². The quantitative estimate of drug-likeness (QED) is 0.390. The van der Waals surface area contributed by atoms with E-state index in [2.05, 4.69) is 6.92 Å². The van der Waals surface area contributed by atoms with Gasteiger partial charge in [-0.3, -0.25) is 0 Å². The first-order valence-corrected chi connectivity index (χ1v) is 7.71. The highest BCUT2D eigenvalue weighted by Gasteiger charge is 2.29. The zero-order valence-corrected chi connectivity index (χ0v) is 13.0. The van der Waals surface area contributed by atoms with Crippen LogP contribution in [0.25, 0.3) is 21.7 Å². The van der Waals surface area contributed by atoms with Crippen molar-refractivity contribution in [2.24, 2.45) is 0 Å². The fourth-order valence-electron chi connectivity index (χ4n) is 3.75. The van der Waals surface area contributed by atoms with Crippen molar-refractivity contribution in [2.45, 2.75) is 25.7 Å². The number of aryl methyl sites for hydroxylation is 1. The molecule has 0 N–H and O–H groups in total. The van der Waals surface area contributed by atoms with E-state index in [0.29, 0.717) is 16.5 Å².